The van der Waals surface area contributed by atoms with Gasteiger partial charge in [-0.1, -0.05) is 0 Å². The lowest BCUT2D eigenvalue weighted by Crippen LogP contribution is -2.33. The number of nitrogens with zero attached hydrogens (tertiary/aromatic N) is 6. The molecule has 0 spiro atoms. The zero-order chi connectivity index (χ0) is 26.3. The van der Waals surface area contributed by atoms with Gasteiger partial charge in [-0.05, 0) is 58.5 Å². The van der Waals surface area contributed by atoms with Crippen LogP contribution in [0.3, 0.4) is 0 Å². The number of likely N-dealkylation sites (N-methyl/N-ethyl adjacent to an activating group) is 1. The highest BCUT2D eigenvalue weighted by Gasteiger charge is 2.26. The maximum atomic E-state index is 14.9. The first kappa shape index (κ1) is 24.7. The molecule has 5 rings (SSSR count). The average molecular weight is 507 g/mol. The second-order valence-corrected chi connectivity index (χ2v) is 9.42. The number of halogens is 2. The monoisotopic (exact) mass is 506 g/mol. The number of amides is 1. The molecule has 1 aliphatic heterocycles. The fraction of sp³-hybridized carbons (Fsp3) is 0.346. The number of anilines is 2. The van der Waals surface area contributed by atoms with E-state index in [2.05, 4.69) is 30.6 Å². The molecule has 11 heteroatoms. The number of hydrogen-bond acceptors (Lipinski definition) is 7. The molecule has 9 nitrogen and oxygen atoms in total. The Hall–Kier alpha value is -3.99. The van der Waals surface area contributed by atoms with Crippen molar-refractivity contribution in [1.29, 1.82) is 0 Å². The molecule has 1 fully saturated rings. The van der Waals surface area contributed by atoms with Crippen LogP contribution in [0.15, 0.2) is 36.7 Å². The molecule has 4 aromatic rings. The molecule has 1 aliphatic rings. The number of pyridine rings is 1. The van der Waals surface area contributed by atoms with E-state index in [0.29, 0.717) is 41.9 Å². The van der Waals surface area contributed by atoms with E-state index in [0.717, 1.165) is 12.6 Å². The van der Waals surface area contributed by atoms with Gasteiger partial charge in [0, 0.05) is 36.9 Å². The number of hydrogen-bond donors (Lipinski definition) is 2. The predicted molar refractivity (Wildman–Crippen MR) is 137 cm³/mol. The standard InChI is InChI=1S/C26H28F2N8O/c1-14(2)36-15(3)32-24-19(27)9-17(10-21(24)36)23-20(28)12-31-26(34-23)33-22-6-5-16(11-30-22)25(37)35-8-7-18(13-35)29-4/h5-6,9-12,14,18,29H,7-8,13H2,1-4H3,(H,30,31,33,34). The predicted octanol–water partition coefficient (Wildman–Crippen LogP) is 4.23. The maximum Gasteiger partial charge on any atom is 0.255 e. The highest BCUT2D eigenvalue weighted by atomic mass is 19.1. The highest BCUT2D eigenvalue weighted by Crippen LogP contribution is 2.30. The van der Waals surface area contributed by atoms with Crippen LogP contribution in [0.1, 0.15) is 42.5 Å². The summed E-state index contributed by atoms with van der Waals surface area (Å²) in [6.45, 7) is 7.11. The van der Waals surface area contributed by atoms with Crippen LogP contribution in [-0.4, -0.2) is 61.5 Å². The SMILES string of the molecule is CNC1CCN(C(=O)c2ccc(Nc3ncc(F)c(-c4cc(F)c5nc(C)n(C(C)C)c5c4)n3)nc2)C1. The van der Waals surface area contributed by atoms with Gasteiger partial charge in [-0.25, -0.2) is 28.7 Å². The summed E-state index contributed by atoms with van der Waals surface area (Å²) in [6.07, 6.45) is 3.43. The first-order valence-corrected chi connectivity index (χ1v) is 12.2. The summed E-state index contributed by atoms with van der Waals surface area (Å²) >= 11 is 0. The van der Waals surface area contributed by atoms with Crippen LogP contribution in [0.5, 0.6) is 0 Å². The Balaban J connectivity index is 1.40. The summed E-state index contributed by atoms with van der Waals surface area (Å²) in [5.41, 5.74) is 1.50. The quantitative estimate of drug-likeness (QED) is 0.404. The first-order chi connectivity index (χ1) is 17.7. The third-order valence-corrected chi connectivity index (χ3v) is 6.59. The first-order valence-electron chi connectivity index (χ1n) is 12.2. The molecule has 2 N–H and O–H groups in total. The van der Waals surface area contributed by atoms with Gasteiger partial charge in [-0.15, -0.1) is 0 Å². The molecular formula is C26H28F2N8O. The van der Waals surface area contributed by atoms with Crippen LogP contribution in [0.2, 0.25) is 0 Å². The normalized spacial score (nSPS) is 15.6. The second kappa shape index (κ2) is 9.81. The van der Waals surface area contributed by atoms with Crippen LogP contribution in [0, 0.1) is 18.6 Å². The van der Waals surface area contributed by atoms with Crippen LogP contribution in [0.25, 0.3) is 22.3 Å². The van der Waals surface area contributed by atoms with Crippen molar-refractivity contribution in [2.45, 2.75) is 39.3 Å². The number of likely N-dealkylation sites (tertiary alicyclic amines) is 1. The Bertz CT molecular complexity index is 1470. The molecule has 1 aromatic carbocycles. The molecule has 1 amide bonds. The summed E-state index contributed by atoms with van der Waals surface area (Å²) in [4.78, 5) is 31.5. The molecule has 4 heterocycles. The van der Waals surface area contributed by atoms with E-state index in [9.17, 15) is 13.6 Å². The molecule has 0 saturated carbocycles. The number of carbonyl (C=O) groups is 1. The van der Waals surface area contributed by atoms with E-state index in [1.807, 2.05) is 32.4 Å². The lowest BCUT2D eigenvalue weighted by atomic mass is 10.1. The number of aryl methyl sites for hydroxylation is 1. The van der Waals surface area contributed by atoms with Gasteiger partial charge in [0.05, 0.1) is 17.3 Å². The molecule has 0 bridgehead atoms. The zero-order valence-corrected chi connectivity index (χ0v) is 21.1. The summed E-state index contributed by atoms with van der Waals surface area (Å²) in [6, 6.07) is 6.57. The Kier molecular flexibility index (Phi) is 6.55. The Morgan fingerprint density at radius 1 is 1.11 bits per heavy atom. The molecule has 0 aliphatic carbocycles. The Morgan fingerprint density at radius 3 is 2.59 bits per heavy atom. The Labute approximate surface area is 213 Å². The van der Waals surface area contributed by atoms with E-state index in [1.165, 1.54) is 12.3 Å². The minimum absolute atomic E-state index is 0.0447. The number of imidazole rings is 1. The van der Waals surface area contributed by atoms with E-state index in [-0.39, 0.29) is 34.7 Å². The van der Waals surface area contributed by atoms with Crippen molar-refractivity contribution in [3.63, 3.8) is 0 Å². The van der Waals surface area contributed by atoms with Crippen molar-refractivity contribution < 1.29 is 13.6 Å². The molecule has 3 aromatic heterocycles. The van der Waals surface area contributed by atoms with Crippen molar-refractivity contribution in [2.24, 2.45) is 0 Å². The summed E-state index contributed by atoms with van der Waals surface area (Å²) in [5, 5.41) is 6.12. The van der Waals surface area contributed by atoms with E-state index in [1.54, 1.807) is 23.1 Å². The molecular weight excluding hydrogens is 478 g/mol. The second-order valence-electron chi connectivity index (χ2n) is 9.42. The fourth-order valence-electron chi connectivity index (χ4n) is 4.76. The van der Waals surface area contributed by atoms with Gasteiger partial charge < -0.3 is 20.1 Å². The number of nitrogens with one attached hydrogen (secondary N) is 2. The van der Waals surface area contributed by atoms with Crippen LogP contribution >= 0.6 is 0 Å². The fourth-order valence-corrected chi connectivity index (χ4v) is 4.76. The van der Waals surface area contributed by atoms with Gasteiger partial charge >= 0.3 is 0 Å². The number of carbonyl (C=O) groups excluding carboxylic acids is 1. The molecule has 1 saturated heterocycles. The van der Waals surface area contributed by atoms with Crippen molar-refractivity contribution >= 4 is 28.7 Å². The summed E-state index contributed by atoms with van der Waals surface area (Å²) < 4.78 is 31.6. The topological polar surface area (TPSA) is 101 Å². The molecule has 192 valence electrons. The van der Waals surface area contributed by atoms with Gasteiger partial charge in [-0.3, -0.25) is 4.79 Å². The van der Waals surface area contributed by atoms with Crippen LogP contribution < -0.4 is 10.6 Å². The van der Waals surface area contributed by atoms with E-state index >= 15 is 0 Å². The summed E-state index contributed by atoms with van der Waals surface area (Å²) in [7, 11) is 1.89. The van der Waals surface area contributed by atoms with Crippen molar-refractivity contribution in [1.82, 2.24) is 34.7 Å². The summed E-state index contributed by atoms with van der Waals surface area (Å²) in [5.74, 6) is -0.164. The van der Waals surface area contributed by atoms with Gasteiger partial charge in [0.25, 0.3) is 5.91 Å². The highest BCUT2D eigenvalue weighted by molar-refractivity contribution is 5.94. The van der Waals surface area contributed by atoms with Crippen molar-refractivity contribution in [3.8, 4) is 11.3 Å². The van der Waals surface area contributed by atoms with Gasteiger partial charge in [0.15, 0.2) is 11.6 Å². The van der Waals surface area contributed by atoms with Gasteiger partial charge in [0.2, 0.25) is 5.95 Å². The molecule has 37 heavy (non-hydrogen) atoms. The van der Waals surface area contributed by atoms with Crippen LogP contribution in [-0.2, 0) is 0 Å². The van der Waals surface area contributed by atoms with Crippen molar-refractivity contribution in [2.75, 3.05) is 25.5 Å². The Morgan fingerprint density at radius 2 is 1.92 bits per heavy atom. The minimum Gasteiger partial charge on any atom is -0.337 e. The third-order valence-electron chi connectivity index (χ3n) is 6.59. The van der Waals surface area contributed by atoms with Crippen LogP contribution in [0.4, 0.5) is 20.5 Å². The molecule has 0 radical (unpaired) electrons. The maximum absolute atomic E-state index is 14.9. The largest absolute Gasteiger partial charge is 0.337 e. The van der Waals surface area contributed by atoms with Crippen molar-refractivity contribution in [3.05, 3.63) is 59.7 Å². The minimum atomic E-state index is -0.684. The lowest BCUT2D eigenvalue weighted by molar-refractivity contribution is 0.0789. The number of fused-ring (bicyclic) bond motifs is 1. The van der Waals surface area contributed by atoms with Gasteiger partial charge in [-0.2, -0.15) is 0 Å². The van der Waals surface area contributed by atoms with E-state index < -0.39 is 11.6 Å². The van der Waals surface area contributed by atoms with Gasteiger partial charge in [0.1, 0.15) is 22.9 Å². The number of benzene rings is 1. The zero-order valence-electron chi connectivity index (χ0n) is 21.1. The number of rotatable bonds is 6. The number of aromatic nitrogens is 5. The van der Waals surface area contributed by atoms with E-state index in [4.69, 9.17) is 0 Å². The third kappa shape index (κ3) is 4.74. The molecule has 1 unspecified atom stereocenters. The average Bonchev–Trinajstić information content (AvgIpc) is 3.49. The molecule has 1 atom stereocenters. The smallest absolute Gasteiger partial charge is 0.255 e. The lowest BCUT2D eigenvalue weighted by Gasteiger charge is -2.16.